The van der Waals surface area contributed by atoms with Crippen LogP contribution in [0.25, 0.3) is 10.1 Å². The fourth-order valence-electron chi connectivity index (χ4n) is 2.51. The molecule has 0 saturated heterocycles. The molecule has 1 aromatic heterocycles. The highest BCUT2D eigenvalue weighted by Crippen LogP contribution is 2.32. The molecule has 0 saturated carbocycles. The van der Waals surface area contributed by atoms with E-state index in [-0.39, 0.29) is 12.5 Å². The molecule has 1 amide bonds. The largest absolute Gasteiger partial charge is 0.383 e. The van der Waals surface area contributed by atoms with E-state index >= 15 is 0 Å². The fraction of sp³-hybridized carbons (Fsp3) is 0.211. The Morgan fingerprint density at radius 3 is 2.61 bits per heavy atom. The third kappa shape index (κ3) is 3.28. The smallest absolute Gasteiger partial charge is 0.251 e. The van der Waals surface area contributed by atoms with E-state index in [0.29, 0.717) is 5.56 Å². The van der Waals surface area contributed by atoms with Gasteiger partial charge in [-0.2, -0.15) is 0 Å². The van der Waals surface area contributed by atoms with E-state index in [4.69, 9.17) is 0 Å². The van der Waals surface area contributed by atoms with E-state index in [2.05, 4.69) is 5.32 Å². The second kappa shape index (κ2) is 6.14. The number of aliphatic hydroxyl groups is 1. The van der Waals surface area contributed by atoms with Gasteiger partial charge in [0.1, 0.15) is 5.60 Å². The monoisotopic (exact) mass is 325 g/mol. The van der Waals surface area contributed by atoms with Gasteiger partial charge < -0.3 is 10.4 Å². The lowest BCUT2D eigenvalue weighted by Gasteiger charge is -2.22. The van der Waals surface area contributed by atoms with Crippen molar-refractivity contribution in [3.63, 3.8) is 0 Å². The van der Waals surface area contributed by atoms with Crippen molar-refractivity contribution in [1.82, 2.24) is 5.32 Å². The summed E-state index contributed by atoms with van der Waals surface area (Å²) in [5, 5.41) is 14.7. The van der Waals surface area contributed by atoms with Crippen LogP contribution in [0.5, 0.6) is 0 Å². The summed E-state index contributed by atoms with van der Waals surface area (Å²) in [4.78, 5) is 13.1. The van der Waals surface area contributed by atoms with Gasteiger partial charge in [-0.05, 0) is 43.0 Å². The Morgan fingerprint density at radius 1 is 1.17 bits per heavy atom. The summed E-state index contributed by atoms with van der Waals surface area (Å²) in [5.41, 5.74) is 0.466. The van der Waals surface area contributed by atoms with Crippen LogP contribution in [0.3, 0.4) is 0 Å². The van der Waals surface area contributed by atoms with Crippen molar-refractivity contribution >= 4 is 27.3 Å². The van der Waals surface area contributed by atoms with Crippen LogP contribution in [-0.4, -0.2) is 17.6 Å². The maximum atomic E-state index is 12.3. The normalized spacial score (nSPS) is 13.7. The summed E-state index contributed by atoms with van der Waals surface area (Å²) in [6, 6.07) is 17.4. The lowest BCUT2D eigenvalue weighted by atomic mass is 10.0. The minimum absolute atomic E-state index is 0.163. The molecule has 4 heteroatoms. The van der Waals surface area contributed by atoms with Gasteiger partial charge in [-0.1, -0.05) is 36.4 Å². The van der Waals surface area contributed by atoms with Crippen molar-refractivity contribution in [2.24, 2.45) is 0 Å². The molecule has 3 nitrogen and oxygen atoms in total. The number of amides is 1. The number of benzene rings is 2. The zero-order chi connectivity index (χ0) is 16.4. The van der Waals surface area contributed by atoms with Gasteiger partial charge in [-0.15, -0.1) is 11.3 Å². The Labute approximate surface area is 139 Å². The highest BCUT2D eigenvalue weighted by molar-refractivity contribution is 7.19. The van der Waals surface area contributed by atoms with E-state index in [0.717, 1.165) is 20.5 Å². The van der Waals surface area contributed by atoms with Crippen LogP contribution in [0.2, 0.25) is 0 Å². The maximum absolute atomic E-state index is 12.3. The minimum Gasteiger partial charge on any atom is -0.383 e. The first kappa shape index (κ1) is 15.7. The highest BCUT2D eigenvalue weighted by Gasteiger charge is 2.26. The second-order valence-corrected chi connectivity index (χ2v) is 7.00. The van der Waals surface area contributed by atoms with Crippen molar-refractivity contribution in [2.75, 3.05) is 6.54 Å². The molecule has 0 spiro atoms. The number of fused-ring (bicyclic) bond motifs is 1. The molecule has 1 heterocycles. The molecule has 0 radical (unpaired) electrons. The molecule has 2 aromatic carbocycles. The third-order valence-electron chi connectivity index (χ3n) is 3.94. The molecule has 1 atom stereocenters. The molecule has 0 aliphatic carbocycles. The number of nitrogens with one attached hydrogen (secondary N) is 1. The number of carbonyl (C=O) groups is 1. The molecule has 3 rings (SSSR count). The molecule has 0 fully saturated rings. The zero-order valence-electron chi connectivity index (χ0n) is 13.2. The van der Waals surface area contributed by atoms with E-state index in [1.165, 1.54) is 0 Å². The number of rotatable bonds is 4. The van der Waals surface area contributed by atoms with Gasteiger partial charge in [0.15, 0.2) is 0 Å². The summed E-state index contributed by atoms with van der Waals surface area (Å²) in [5.74, 6) is -0.163. The zero-order valence-corrected chi connectivity index (χ0v) is 14.0. The summed E-state index contributed by atoms with van der Waals surface area (Å²) in [6.45, 7) is 3.81. The van der Waals surface area contributed by atoms with Crippen LogP contribution in [-0.2, 0) is 5.60 Å². The van der Waals surface area contributed by atoms with Crippen molar-refractivity contribution in [3.8, 4) is 0 Å². The van der Waals surface area contributed by atoms with E-state index in [1.54, 1.807) is 24.3 Å². The predicted molar refractivity (Wildman–Crippen MR) is 94.9 cm³/mol. The molecular weight excluding hydrogens is 306 g/mol. The number of aryl methyl sites for hydroxylation is 1. The van der Waals surface area contributed by atoms with Crippen LogP contribution in [0.1, 0.15) is 27.7 Å². The molecule has 23 heavy (non-hydrogen) atoms. The first-order chi connectivity index (χ1) is 11.0. The number of hydrogen-bond donors (Lipinski definition) is 2. The first-order valence-corrected chi connectivity index (χ1v) is 8.34. The summed E-state index contributed by atoms with van der Waals surface area (Å²) >= 11 is 1.55. The van der Waals surface area contributed by atoms with Crippen molar-refractivity contribution in [3.05, 3.63) is 70.6 Å². The average Bonchev–Trinajstić information content (AvgIpc) is 2.98. The minimum atomic E-state index is -1.10. The highest BCUT2D eigenvalue weighted by atomic mass is 32.1. The predicted octanol–water partition coefficient (Wildman–Crippen LogP) is 3.85. The van der Waals surface area contributed by atoms with Crippen LogP contribution in [0, 0.1) is 6.92 Å². The molecule has 0 aliphatic heterocycles. The lowest BCUT2D eigenvalue weighted by Crippen LogP contribution is -2.38. The van der Waals surface area contributed by atoms with E-state index in [9.17, 15) is 9.90 Å². The molecule has 0 unspecified atom stereocenters. The van der Waals surface area contributed by atoms with Crippen LogP contribution in [0.4, 0.5) is 0 Å². The van der Waals surface area contributed by atoms with Gasteiger partial charge in [-0.3, -0.25) is 4.79 Å². The van der Waals surface area contributed by atoms with Crippen molar-refractivity contribution < 1.29 is 9.90 Å². The lowest BCUT2D eigenvalue weighted by molar-refractivity contribution is 0.0557. The number of thiophene rings is 1. The second-order valence-electron chi connectivity index (χ2n) is 5.92. The average molecular weight is 325 g/mol. The van der Waals surface area contributed by atoms with Gasteiger partial charge in [0, 0.05) is 15.1 Å². The van der Waals surface area contributed by atoms with Gasteiger partial charge in [0.25, 0.3) is 5.91 Å². The molecule has 2 N–H and O–H groups in total. The summed E-state index contributed by atoms with van der Waals surface area (Å²) < 4.78 is 1.13. The molecule has 3 aromatic rings. The van der Waals surface area contributed by atoms with Crippen LogP contribution >= 0.6 is 11.3 Å². The quantitative estimate of drug-likeness (QED) is 0.765. The van der Waals surface area contributed by atoms with Gasteiger partial charge in [-0.25, -0.2) is 0 Å². The third-order valence-corrected chi connectivity index (χ3v) is 5.31. The molecule has 118 valence electrons. The molecular formula is C19H19NO2S. The standard InChI is InChI=1S/C19H19NO2S/c1-13-7-3-5-9-15(13)18(21)20-12-19(2,22)17-11-14-8-4-6-10-16(14)23-17/h3-11,22H,12H2,1-2H3,(H,20,21)/t19-/m0/s1. The Balaban J connectivity index is 1.76. The van der Waals surface area contributed by atoms with Gasteiger partial charge >= 0.3 is 0 Å². The topological polar surface area (TPSA) is 49.3 Å². The number of hydrogen-bond acceptors (Lipinski definition) is 3. The Kier molecular flexibility index (Phi) is 4.20. The molecule has 0 aliphatic rings. The Bertz CT molecular complexity index is 818. The molecule has 0 bridgehead atoms. The fourth-order valence-corrected chi connectivity index (χ4v) is 3.62. The summed E-state index contributed by atoms with van der Waals surface area (Å²) in [6.07, 6.45) is 0. The van der Waals surface area contributed by atoms with Crippen molar-refractivity contribution in [2.45, 2.75) is 19.4 Å². The number of carbonyl (C=O) groups excluding carboxylic acids is 1. The Morgan fingerprint density at radius 2 is 1.87 bits per heavy atom. The first-order valence-electron chi connectivity index (χ1n) is 7.53. The van der Waals surface area contributed by atoms with E-state index in [1.807, 2.05) is 55.5 Å². The summed E-state index contributed by atoms with van der Waals surface area (Å²) in [7, 11) is 0. The van der Waals surface area contributed by atoms with Crippen LogP contribution < -0.4 is 5.32 Å². The van der Waals surface area contributed by atoms with Gasteiger partial charge in [0.2, 0.25) is 0 Å². The SMILES string of the molecule is Cc1ccccc1C(=O)NC[C@](C)(O)c1cc2ccccc2s1. The van der Waals surface area contributed by atoms with Crippen LogP contribution in [0.15, 0.2) is 54.6 Å². The Hall–Kier alpha value is -2.17. The maximum Gasteiger partial charge on any atom is 0.251 e. The van der Waals surface area contributed by atoms with Gasteiger partial charge in [0.05, 0.1) is 6.54 Å². The van der Waals surface area contributed by atoms with E-state index < -0.39 is 5.60 Å². The van der Waals surface area contributed by atoms with Crippen molar-refractivity contribution in [1.29, 1.82) is 0 Å².